The smallest absolute Gasteiger partial charge is 0.387 e. The highest BCUT2D eigenvalue weighted by Crippen LogP contribution is 2.35. The monoisotopic (exact) mass is 394 g/mol. The number of hydrogen-bond acceptors (Lipinski definition) is 4. The van der Waals surface area contributed by atoms with Gasteiger partial charge < -0.3 is 20.1 Å². The van der Waals surface area contributed by atoms with Crippen LogP contribution in [0.25, 0.3) is 0 Å². The van der Waals surface area contributed by atoms with Gasteiger partial charge in [-0.1, -0.05) is 29.6 Å². The van der Waals surface area contributed by atoms with E-state index in [1.807, 2.05) is 0 Å². The van der Waals surface area contributed by atoms with Crippen molar-refractivity contribution in [2.75, 3.05) is 19.8 Å². The average molecular weight is 395 g/mol. The summed E-state index contributed by atoms with van der Waals surface area (Å²) in [4.78, 5) is 0. The van der Waals surface area contributed by atoms with E-state index in [0.29, 0.717) is 35.7 Å². The Morgan fingerprint density at radius 3 is 2.88 bits per heavy atom. The lowest BCUT2D eigenvalue weighted by molar-refractivity contribution is -0.0504. The molecule has 4 nitrogen and oxygen atoms in total. The van der Waals surface area contributed by atoms with Gasteiger partial charge in [0, 0.05) is 35.8 Å². The molecule has 2 N–H and O–H groups in total. The summed E-state index contributed by atoms with van der Waals surface area (Å²) < 4.78 is 35.5. The minimum Gasteiger partial charge on any atom is -0.433 e. The van der Waals surface area contributed by atoms with Crippen LogP contribution in [0, 0.1) is 5.92 Å². The quantitative estimate of drug-likeness (QED) is 0.768. The summed E-state index contributed by atoms with van der Waals surface area (Å²) >= 11 is 12.1. The third-order valence-corrected chi connectivity index (χ3v) is 5.38. The Labute approximate surface area is 156 Å². The maximum absolute atomic E-state index is 12.7. The number of alkyl halides is 2. The Kier molecular flexibility index (Phi) is 6.74. The molecule has 0 amide bonds. The van der Waals surface area contributed by atoms with Crippen LogP contribution in [0.4, 0.5) is 8.78 Å². The summed E-state index contributed by atoms with van der Waals surface area (Å²) in [5, 5.41) is 7.48. The molecule has 1 aliphatic heterocycles. The van der Waals surface area contributed by atoms with Crippen molar-refractivity contribution in [3.8, 4) is 5.75 Å². The highest BCUT2D eigenvalue weighted by molar-refractivity contribution is 6.35. The molecule has 1 aromatic carbocycles. The molecule has 0 radical (unpaired) electrons. The predicted octanol–water partition coefficient (Wildman–Crippen LogP) is 3.84. The largest absolute Gasteiger partial charge is 0.433 e. The van der Waals surface area contributed by atoms with Gasteiger partial charge in [-0.25, -0.2) is 0 Å². The Bertz CT molecular complexity index is 586. The maximum Gasteiger partial charge on any atom is 0.387 e. The first kappa shape index (κ1) is 19.1. The lowest BCUT2D eigenvalue weighted by atomic mass is 9.94. The molecule has 1 saturated heterocycles. The first-order valence-corrected chi connectivity index (χ1v) is 9.27. The van der Waals surface area contributed by atoms with E-state index in [1.165, 1.54) is 6.07 Å². The van der Waals surface area contributed by atoms with Gasteiger partial charge in [-0.3, -0.25) is 0 Å². The molecule has 1 saturated carbocycles. The van der Waals surface area contributed by atoms with E-state index in [0.717, 1.165) is 32.4 Å². The molecule has 0 bridgehead atoms. The third kappa shape index (κ3) is 4.95. The Hall–Kier alpha value is -0.660. The number of ether oxygens (including phenoxy) is 2. The van der Waals surface area contributed by atoms with Crippen LogP contribution in [0.15, 0.2) is 12.1 Å². The lowest BCUT2D eigenvalue weighted by Crippen LogP contribution is -2.50. The van der Waals surface area contributed by atoms with Crippen molar-refractivity contribution < 1.29 is 18.3 Å². The van der Waals surface area contributed by atoms with Gasteiger partial charge in [-0.15, -0.1) is 0 Å². The van der Waals surface area contributed by atoms with Crippen molar-refractivity contribution in [3.05, 3.63) is 27.7 Å². The van der Waals surface area contributed by atoms with E-state index in [9.17, 15) is 8.78 Å². The molecule has 2 fully saturated rings. The van der Waals surface area contributed by atoms with Crippen LogP contribution in [0.3, 0.4) is 0 Å². The molecule has 8 heteroatoms. The SMILES string of the molecule is FC(F)Oc1c(Cl)cc(Cl)cc1CNC1CCCC1C1COCCN1. The molecule has 140 valence electrons. The van der Waals surface area contributed by atoms with Crippen molar-refractivity contribution in [2.24, 2.45) is 5.92 Å². The second kappa shape index (κ2) is 8.82. The van der Waals surface area contributed by atoms with Gasteiger partial charge in [0.25, 0.3) is 0 Å². The third-order valence-electron chi connectivity index (χ3n) is 4.88. The van der Waals surface area contributed by atoms with E-state index < -0.39 is 6.61 Å². The van der Waals surface area contributed by atoms with Crippen molar-refractivity contribution in [3.63, 3.8) is 0 Å². The zero-order valence-corrected chi connectivity index (χ0v) is 15.3. The van der Waals surface area contributed by atoms with Crippen LogP contribution in [0.5, 0.6) is 5.75 Å². The molecule has 25 heavy (non-hydrogen) atoms. The zero-order valence-electron chi connectivity index (χ0n) is 13.7. The number of morpholine rings is 1. The molecule has 3 atom stereocenters. The van der Waals surface area contributed by atoms with E-state index >= 15 is 0 Å². The molecule has 1 aromatic rings. The highest BCUT2D eigenvalue weighted by Gasteiger charge is 2.34. The second-order valence-corrected chi connectivity index (χ2v) is 7.32. The Balaban J connectivity index is 1.67. The van der Waals surface area contributed by atoms with Crippen LogP contribution >= 0.6 is 23.2 Å². The molecule has 0 spiro atoms. The minimum absolute atomic E-state index is 0.0118. The fourth-order valence-electron chi connectivity index (χ4n) is 3.79. The van der Waals surface area contributed by atoms with E-state index in [2.05, 4.69) is 15.4 Å². The van der Waals surface area contributed by atoms with Crippen LogP contribution in [0.1, 0.15) is 24.8 Å². The average Bonchev–Trinajstić information content (AvgIpc) is 3.05. The van der Waals surface area contributed by atoms with Gasteiger partial charge in [0.1, 0.15) is 5.75 Å². The normalized spacial score (nSPS) is 27.0. The molecule has 1 aliphatic carbocycles. The highest BCUT2D eigenvalue weighted by atomic mass is 35.5. The Morgan fingerprint density at radius 2 is 2.16 bits per heavy atom. The second-order valence-electron chi connectivity index (χ2n) is 6.47. The van der Waals surface area contributed by atoms with Gasteiger partial charge in [0.05, 0.1) is 18.2 Å². The van der Waals surface area contributed by atoms with Crippen LogP contribution in [0.2, 0.25) is 10.0 Å². The van der Waals surface area contributed by atoms with Gasteiger partial charge in [-0.2, -0.15) is 8.78 Å². The summed E-state index contributed by atoms with van der Waals surface area (Å²) in [5.41, 5.74) is 0.538. The molecular formula is C17H22Cl2F2N2O2. The van der Waals surface area contributed by atoms with Gasteiger partial charge in [0.15, 0.2) is 0 Å². The number of benzene rings is 1. The fourth-order valence-corrected chi connectivity index (χ4v) is 4.37. The minimum atomic E-state index is -2.93. The number of rotatable bonds is 6. The standard InChI is InChI=1S/C17H22Cl2F2N2O2/c18-11-6-10(16(13(19)7-11)25-17(20)21)8-23-14-3-1-2-12(14)15-9-24-5-4-22-15/h6-7,12,14-15,17,22-23H,1-5,8-9H2. The summed E-state index contributed by atoms with van der Waals surface area (Å²) in [5.74, 6) is 0.441. The van der Waals surface area contributed by atoms with Crippen LogP contribution < -0.4 is 15.4 Å². The van der Waals surface area contributed by atoms with Crippen LogP contribution in [-0.4, -0.2) is 38.5 Å². The van der Waals surface area contributed by atoms with E-state index in [-0.39, 0.29) is 16.8 Å². The first-order chi connectivity index (χ1) is 12.0. The summed E-state index contributed by atoms with van der Waals surface area (Å²) in [6.07, 6.45) is 3.30. The molecule has 1 heterocycles. The lowest BCUT2D eigenvalue weighted by Gasteiger charge is -2.33. The van der Waals surface area contributed by atoms with Crippen molar-refractivity contribution >= 4 is 23.2 Å². The number of nitrogens with one attached hydrogen (secondary N) is 2. The van der Waals surface area contributed by atoms with Crippen LogP contribution in [-0.2, 0) is 11.3 Å². The molecule has 2 aliphatic rings. The number of hydrogen-bond donors (Lipinski definition) is 2. The molecule has 3 rings (SSSR count). The zero-order chi connectivity index (χ0) is 17.8. The Morgan fingerprint density at radius 1 is 1.32 bits per heavy atom. The fraction of sp³-hybridized carbons (Fsp3) is 0.647. The molecule has 3 unspecified atom stereocenters. The predicted molar refractivity (Wildman–Crippen MR) is 93.7 cm³/mol. The molecule has 0 aromatic heterocycles. The van der Waals surface area contributed by atoms with Crippen molar-refractivity contribution in [1.82, 2.24) is 10.6 Å². The topological polar surface area (TPSA) is 42.5 Å². The number of halogens is 4. The summed E-state index contributed by atoms with van der Waals surface area (Å²) in [7, 11) is 0. The maximum atomic E-state index is 12.7. The molecular weight excluding hydrogens is 373 g/mol. The van der Waals surface area contributed by atoms with Gasteiger partial charge in [0.2, 0.25) is 0 Å². The summed E-state index contributed by atoms with van der Waals surface area (Å²) in [6, 6.07) is 3.64. The van der Waals surface area contributed by atoms with E-state index in [4.69, 9.17) is 27.9 Å². The van der Waals surface area contributed by atoms with Gasteiger partial charge in [-0.05, 0) is 30.9 Å². The van der Waals surface area contributed by atoms with Crippen molar-refractivity contribution in [1.29, 1.82) is 0 Å². The summed E-state index contributed by atoms with van der Waals surface area (Å²) in [6.45, 7) is -0.232. The van der Waals surface area contributed by atoms with Gasteiger partial charge >= 0.3 is 6.61 Å². The van der Waals surface area contributed by atoms with E-state index in [1.54, 1.807) is 6.07 Å². The van der Waals surface area contributed by atoms with Crippen molar-refractivity contribution in [2.45, 2.75) is 44.5 Å². The first-order valence-electron chi connectivity index (χ1n) is 8.52.